The summed E-state index contributed by atoms with van der Waals surface area (Å²) in [5.74, 6) is -1.09. The molecule has 0 aliphatic rings. The highest BCUT2D eigenvalue weighted by Crippen LogP contribution is 2.16. The van der Waals surface area contributed by atoms with Crippen molar-refractivity contribution in [1.29, 1.82) is 0 Å². The molecule has 1 unspecified atom stereocenters. The first-order valence-electron chi connectivity index (χ1n) is 9.03. The highest BCUT2D eigenvalue weighted by molar-refractivity contribution is 5.87. The maximum atomic E-state index is 13.2. The summed E-state index contributed by atoms with van der Waals surface area (Å²) in [4.78, 5) is 23.7. The van der Waals surface area contributed by atoms with Gasteiger partial charge in [0.15, 0.2) is 0 Å². The van der Waals surface area contributed by atoms with Gasteiger partial charge in [0.2, 0.25) is 5.91 Å². The summed E-state index contributed by atoms with van der Waals surface area (Å²) in [7, 11) is 0. The van der Waals surface area contributed by atoms with E-state index in [4.69, 9.17) is 5.11 Å². The summed E-state index contributed by atoms with van der Waals surface area (Å²) in [5, 5.41) is 23.2. The molecule has 0 bridgehead atoms. The predicted octanol–water partition coefficient (Wildman–Crippen LogP) is 1.96. The number of hydrogen-bond donors (Lipinski definition) is 2. The number of aryl methyl sites for hydroxylation is 1. The number of rotatable bonds is 8. The lowest BCUT2D eigenvalue weighted by molar-refractivity contribution is -0.124. The van der Waals surface area contributed by atoms with E-state index in [1.54, 1.807) is 31.2 Å². The third-order valence-electron chi connectivity index (χ3n) is 4.51. The number of benzene rings is 2. The minimum atomic E-state index is -0.981. The highest BCUT2D eigenvalue weighted by atomic mass is 19.1. The molecule has 1 amide bonds. The zero-order chi connectivity index (χ0) is 20.8. The Morgan fingerprint density at radius 1 is 1.10 bits per heavy atom. The monoisotopic (exact) mass is 397 g/mol. The van der Waals surface area contributed by atoms with Gasteiger partial charge in [-0.3, -0.25) is 4.79 Å². The molecule has 1 aromatic heterocycles. The molecule has 9 heteroatoms. The van der Waals surface area contributed by atoms with E-state index in [0.717, 1.165) is 11.1 Å². The first kappa shape index (κ1) is 20.1. The molecule has 3 aromatic rings. The van der Waals surface area contributed by atoms with Gasteiger partial charge in [-0.25, -0.2) is 13.9 Å². The van der Waals surface area contributed by atoms with Gasteiger partial charge in [-0.1, -0.05) is 24.3 Å². The Bertz CT molecular complexity index is 986. The molecule has 0 aliphatic heterocycles. The quantitative estimate of drug-likeness (QED) is 0.601. The van der Waals surface area contributed by atoms with E-state index in [-0.39, 0.29) is 17.3 Å². The van der Waals surface area contributed by atoms with E-state index in [0.29, 0.717) is 25.2 Å². The fourth-order valence-corrected chi connectivity index (χ4v) is 2.92. The minimum Gasteiger partial charge on any atom is -0.478 e. The van der Waals surface area contributed by atoms with Gasteiger partial charge in [0.05, 0.1) is 5.56 Å². The van der Waals surface area contributed by atoms with E-state index < -0.39 is 12.0 Å². The van der Waals surface area contributed by atoms with Gasteiger partial charge in [-0.15, -0.1) is 5.10 Å². The molecule has 3 rings (SSSR count). The summed E-state index contributed by atoms with van der Waals surface area (Å²) < 4.78 is 14.6. The average molecular weight is 397 g/mol. The van der Waals surface area contributed by atoms with Gasteiger partial charge >= 0.3 is 5.97 Å². The fourth-order valence-electron chi connectivity index (χ4n) is 2.92. The smallest absolute Gasteiger partial charge is 0.335 e. The number of tetrazole rings is 1. The minimum absolute atomic E-state index is 0.214. The number of carbonyl (C=O) groups excluding carboxylic acids is 1. The average Bonchev–Trinajstić information content (AvgIpc) is 3.13. The predicted molar refractivity (Wildman–Crippen MR) is 102 cm³/mol. The van der Waals surface area contributed by atoms with Gasteiger partial charge in [0, 0.05) is 13.0 Å². The zero-order valence-corrected chi connectivity index (χ0v) is 15.7. The van der Waals surface area contributed by atoms with Crippen LogP contribution in [-0.2, 0) is 17.6 Å². The maximum absolute atomic E-state index is 13.2. The van der Waals surface area contributed by atoms with Gasteiger partial charge in [0.1, 0.15) is 17.7 Å². The van der Waals surface area contributed by atoms with Crippen molar-refractivity contribution in [1.82, 2.24) is 25.5 Å². The van der Waals surface area contributed by atoms with E-state index in [1.807, 2.05) is 0 Å². The van der Waals surface area contributed by atoms with Gasteiger partial charge in [-0.2, -0.15) is 0 Å². The van der Waals surface area contributed by atoms with Crippen LogP contribution in [0.4, 0.5) is 4.39 Å². The number of hydrogen-bond acceptors (Lipinski definition) is 5. The number of nitrogens with one attached hydrogen (secondary N) is 1. The van der Waals surface area contributed by atoms with Crippen LogP contribution in [0.25, 0.3) is 0 Å². The Kier molecular flexibility index (Phi) is 6.28. The van der Waals surface area contributed by atoms with Crippen LogP contribution in [0.1, 0.15) is 33.4 Å². The second kappa shape index (κ2) is 9.05. The van der Waals surface area contributed by atoms with Crippen molar-refractivity contribution in [3.63, 3.8) is 0 Å². The molecule has 1 atom stereocenters. The summed E-state index contributed by atoms with van der Waals surface area (Å²) in [6.45, 7) is 2.07. The third-order valence-corrected chi connectivity index (χ3v) is 4.51. The molecular formula is C20H20FN5O3. The largest absolute Gasteiger partial charge is 0.478 e. The van der Waals surface area contributed by atoms with Gasteiger partial charge < -0.3 is 10.4 Å². The molecule has 0 fully saturated rings. The lowest BCUT2D eigenvalue weighted by Gasteiger charge is -2.17. The van der Waals surface area contributed by atoms with Crippen LogP contribution in [0, 0.1) is 12.7 Å². The van der Waals surface area contributed by atoms with Crippen molar-refractivity contribution < 1.29 is 19.1 Å². The van der Waals surface area contributed by atoms with Gasteiger partial charge in [-0.05, 0) is 59.2 Å². The van der Waals surface area contributed by atoms with Crippen LogP contribution in [0.2, 0.25) is 0 Å². The van der Waals surface area contributed by atoms with Crippen LogP contribution < -0.4 is 5.32 Å². The summed E-state index contributed by atoms with van der Waals surface area (Å²) >= 11 is 0. The van der Waals surface area contributed by atoms with Crippen molar-refractivity contribution in [2.24, 2.45) is 0 Å². The molecule has 2 aromatic carbocycles. The molecule has 1 heterocycles. The molecule has 0 saturated heterocycles. The topological polar surface area (TPSA) is 110 Å². The first-order valence-corrected chi connectivity index (χ1v) is 9.03. The third kappa shape index (κ3) is 5.22. The SMILES string of the molecule is Cc1nnnn1C(Cc1ccc(F)cc1)C(=O)NCCc1ccc(C(=O)O)cc1. The Hall–Kier alpha value is -3.62. The van der Waals surface area contributed by atoms with E-state index >= 15 is 0 Å². The number of carbonyl (C=O) groups is 2. The van der Waals surface area contributed by atoms with E-state index in [9.17, 15) is 14.0 Å². The molecule has 0 aliphatic carbocycles. The van der Waals surface area contributed by atoms with E-state index in [1.165, 1.54) is 28.9 Å². The van der Waals surface area contributed by atoms with Crippen molar-refractivity contribution >= 4 is 11.9 Å². The number of halogens is 1. The Labute approximate surface area is 166 Å². The Balaban J connectivity index is 1.65. The van der Waals surface area contributed by atoms with Crippen molar-refractivity contribution in [2.75, 3.05) is 6.54 Å². The summed E-state index contributed by atoms with van der Waals surface area (Å²) in [5.41, 5.74) is 1.90. The number of nitrogens with zero attached hydrogens (tertiary/aromatic N) is 4. The van der Waals surface area contributed by atoms with Crippen LogP contribution >= 0.6 is 0 Å². The second-order valence-electron chi connectivity index (χ2n) is 6.56. The molecule has 0 radical (unpaired) electrons. The number of aromatic nitrogens is 4. The zero-order valence-electron chi connectivity index (χ0n) is 15.7. The van der Waals surface area contributed by atoms with E-state index in [2.05, 4.69) is 20.8 Å². The molecule has 8 nitrogen and oxygen atoms in total. The van der Waals surface area contributed by atoms with Crippen molar-refractivity contribution in [3.8, 4) is 0 Å². The maximum Gasteiger partial charge on any atom is 0.335 e. The summed E-state index contributed by atoms with van der Waals surface area (Å²) in [6.07, 6.45) is 0.856. The fraction of sp³-hybridized carbons (Fsp3) is 0.250. The molecule has 29 heavy (non-hydrogen) atoms. The molecule has 2 N–H and O–H groups in total. The Morgan fingerprint density at radius 3 is 2.34 bits per heavy atom. The molecule has 0 saturated carbocycles. The van der Waals surface area contributed by atoms with Crippen LogP contribution in [0.3, 0.4) is 0 Å². The lowest BCUT2D eigenvalue weighted by Crippen LogP contribution is -2.36. The number of carboxylic acids is 1. The Morgan fingerprint density at radius 2 is 1.76 bits per heavy atom. The molecular weight excluding hydrogens is 377 g/mol. The molecule has 150 valence electrons. The normalized spacial score (nSPS) is 11.8. The first-order chi connectivity index (χ1) is 13.9. The van der Waals surface area contributed by atoms with Gasteiger partial charge in [0.25, 0.3) is 0 Å². The number of amides is 1. The van der Waals surface area contributed by atoms with Crippen LogP contribution in [-0.4, -0.2) is 43.7 Å². The van der Waals surface area contributed by atoms with Crippen LogP contribution in [0.5, 0.6) is 0 Å². The number of carboxylic acid groups (broad SMARTS) is 1. The van der Waals surface area contributed by atoms with Crippen LogP contribution in [0.15, 0.2) is 48.5 Å². The highest BCUT2D eigenvalue weighted by Gasteiger charge is 2.24. The lowest BCUT2D eigenvalue weighted by atomic mass is 10.0. The number of aromatic carboxylic acids is 1. The second-order valence-corrected chi connectivity index (χ2v) is 6.56. The standard InChI is InChI=1S/C20H20FN5O3/c1-13-23-24-25-26(13)18(12-15-4-8-17(21)9-5-15)19(27)22-11-10-14-2-6-16(7-3-14)20(28)29/h2-9,18H,10-12H2,1H3,(H,22,27)(H,28,29). The molecule has 0 spiro atoms. The van der Waals surface area contributed by atoms with Crippen molar-refractivity contribution in [2.45, 2.75) is 25.8 Å². The summed E-state index contributed by atoms with van der Waals surface area (Å²) in [6, 6.07) is 11.8. The van der Waals surface area contributed by atoms with Crippen molar-refractivity contribution in [3.05, 3.63) is 76.9 Å².